The van der Waals surface area contributed by atoms with Gasteiger partial charge in [-0.05, 0) is 18.1 Å². The van der Waals surface area contributed by atoms with Gasteiger partial charge < -0.3 is 19.9 Å². The number of ether oxygens (including phenoxy) is 3. The Labute approximate surface area is 106 Å². The zero-order valence-corrected chi connectivity index (χ0v) is 10.4. The van der Waals surface area contributed by atoms with Crippen molar-refractivity contribution in [1.82, 2.24) is 0 Å². The number of benzene rings is 1. The fourth-order valence-electron chi connectivity index (χ4n) is 2.03. The molecule has 2 rings (SSSR count). The molecule has 1 fully saturated rings. The average molecular weight is 255 g/mol. The van der Waals surface area contributed by atoms with Crippen molar-refractivity contribution in [3.8, 4) is 5.75 Å². The molecule has 18 heavy (non-hydrogen) atoms. The lowest BCUT2D eigenvalue weighted by Crippen LogP contribution is -2.29. The largest absolute Gasteiger partial charge is 0.494 e. The molecule has 1 heterocycles. The molecule has 1 unspecified atom stereocenters. The Kier molecular flexibility index (Phi) is 4.52. The van der Waals surface area contributed by atoms with Crippen LogP contribution in [0.25, 0.3) is 0 Å². The smallest absolute Gasteiger partial charge is 0.168 e. The van der Waals surface area contributed by atoms with Crippen molar-refractivity contribution in [2.75, 3.05) is 20.3 Å². The predicted octanol–water partition coefficient (Wildman–Crippen LogP) is 1.47. The summed E-state index contributed by atoms with van der Waals surface area (Å²) < 4.78 is 29.5. The summed E-state index contributed by atoms with van der Waals surface area (Å²) in [5, 5.41) is 0. The lowest BCUT2D eigenvalue weighted by Gasteiger charge is -2.16. The zero-order valence-electron chi connectivity index (χ0n) is 10.4. The summed E-state index contributed by atoms with van der Waals surface area (Å²) >= 11 is 0. The molecule has 2 N–H and O–H groups in total. The first-order valence-corrected chi connectivity index (χ1v) is 6.01. The Morgan fingerprint density at radius 3 is 2.83 bits per heavy atom. The molecule has 1 aliphatic heterocycles. The van der Waals surface area contributed by atoms with Crippen LogP contribution >= 0.6 is 0 Å². The lowest BCUT2D eigenvalue weighted by atomic mass is 10.0. The quantitative estimate of drug-likeness (QED) is 0.865. The number of halogens is 1. The maximum atomic E-state index is 13.9. The number of methoxy groups -OCH3 is 1. The highest BCUT2D eigenvalue weighted by Gasteiger charge is 2.20. The van der Waals surface area contributed by atoms with Gasteiger partial charge >= 0.3 is 0 Å². The average Bonchev–Trinajstić information content (AvgIpc) is 2.84. The van der Waals surface area contributed by atoms with E-state index in [1.807, 2.05) is 0 Å². The van der Waals surface area contributed by atoms with Crippen molar-refractivity contribution >= 4 is 0 Å². The van der Waals surface area contributed by atoms with E-state index in [1.165, 1.54) is 7.11 Å². The fourth-order valence-corrected chi connectivity index (χ4v) is 2.03. The van der Waals surface area contributed by atoms with E-state index in [2.05, 4.69) is 0 Å². The molecule has 1 saturated heterocycles. The van der Waals surface area contributed by atoms with Crippen molar-refractivity contribution in [3.05, 3.63) is 29.6 Å². The van der Waals surface area contributed by atoms with Crippen LogP contribution in [0.3, 0.4) is 0 Å². The Morgan fingerprint density at radius 2 is 2.17 bits per heavy atom. The number of hydrogen-bond acceptors (Lipinski definition) is 4. The second-order valence-corrected chi connectivity index (χ2v) is 4.30. The van der Waals surface area contributed by atoms with Gasteiger partial charge in [0.1, 0.15) is 0 Å². The summed E-state index contributed by atoms with van der Waals surface area (Å²) in [4.78, 5) is 0. The lowest BCUT2D eigenvalue weighted by molar-refractivity contribution is -0.0505. The molecule has 5 heteroatoms. The molecule has 0 aromatic heterocycles. The van der Waals surface area contributed by atoms with E-state index in [0.29, 0.717) is 31.6 Å². The maximum absolute atomic E-state index is 13.9. The highest BCUT2D eigenvalue weighted by atomic mass is 19.1. The van der Waals surface area contributed by atoms with Crippen LogP contribution in [-0.4, -0.2) is 32.7 Å². The van der Waals surface area contributed by atoms with Crippen LogP contribution in [0.15, 0.2) is 18.2 Å². The molecule has 0 radical (unpaired) electrons. The summed E-state index contributed by atoms with van der Waals surface area (Å²) in [5.41, 5.74) is 6.53. The van der Waals surface area contributed by atoms with Gasteiger partial charge in [-0.3, -0.25) is 0 Å². The van der Waals surface area contributed by atoms with Gasteiger partial charge in [-0.1, -0.05) is 12.1 Å². The van der Waals surface area contributed by atoms with Crippen LogP contribution in [-0.2, 0) is 15.9 Å². The van der Waals surface area contributed by atoms with Crippen LogP contribution in [0.5, 0.6) is 5.75 Å². The molecule has 0 bridgehead atoms. The first-order chi connectivity index (χ1) is 8.70. The molecule has 0 spiro atoms. The highest BCUT2D eigenvalue weighted by Crippen LogP contribution is 2.22. The fraction of sp³-hybridized carbons (Fsp3) is 0.538. The van der Waals surface area contributed by atoms with Crippen molar-refractivity contribution in [2.45, 2.75) is 25.2 Å². The number of hydrogen-bond donors (Lipinski definition) is 1. The third-order valence-electron chi connectivity index (χ3n) is 2.93. The van der Waals surface area contributed by atoms with Gasteiger partial charge in [0.05, 0.1) is 20.3 Å². The third-order valence-corrected chi connectivity index (χ3v) is 2.93. The number of rotatable bonds is 5. The van der Waals surface area contributed by atoms with E-state index in [9.17, 15) is 4.39 Å². The Hall–Kier alpha value is -1.17. The second-order valence-electron chi connectivity index (χ2n) is 4.30. The Bertz CT molecular complexity index is 394. The molecule has 1 aliphatic rings. The topological polar surface area (TPSA) is 53.7 Å². The minimum absolute atomic E-state index is 0.199. The van der Waals surface area contributed by atoms with Gasteiger partial charge in [-0.2, -0.15) is 0 Å². The van der Waals surface area contributed by atoms with Crippen molar-refractivity contribution in [3.63, 3.8) is 0 Å². The summed E-state index contributed by atoms with van der Waals surface area (Å²) in [6, 6.07) is 4.86. The number of nitrogens with two attached hydrogens (primary N) is 1. The van der Waals surface area contributed by atoms with E-state index in [4.69, 9.17) is 19.9 Å². The first kappa shape index (κ1) is 13.3. The van der Waals surface area contributed by atoms with Crippen molar-refractivity contribution in [1.29, 1.82) is 0 Å². The molecular weight excluding hydrogens is 237 g/mol. The molecular formula is C13H18FNO3. The summed E-state index contributed by atoms with van der Waals surface area (Å²) in [6.07, 6.45) is 0.747. The third kappa shape index (κ3) is 3.19. The molecule has 4 nitrogen and oxygen atoms in total. The summed E-state index contributed by atoms with van der Waals surface area (Å²) in [6.45, 7) is 1.20. The van der Waals surface area contributed by atoms with Crippen LogP contribution in [0.1, 0.15) is 12.0 Å². The molecule has 1 aromatic rings. The molecule has 0 saturated carbocycles. The predicted molar refractivity (Wildman–Crippen MR) is 64.9 cm³/mol. The molecule has 0 aliphatic carbocycles. The normalized spacial score (nSPS) is 17.9. The van der Waals surface area contributed by atoms with E-state index in [0.717, 1.165) is 0 Å². The van der Waals surface area contributed by atoms with Crippen molar-refractivity contribution < 1.29 is 18.6 Å². The van der Waals surface area contributed by atoms with Gasteiger partial charge in [-0.25, -0.2) is 4.39 Å². The van der Waals surface area contributed by atoms with Crippen LogP contribution < -0.4 is 10.5 Å². The first-order valence-electron chi connectivity index (χ1n) is 6.01. The van der Waals surface area contributed by atoms with Crippen molar-refractivity contribution in [2.24, 2.45) is 5.73 Å². The van der Waals surface area contributed by atoms with Crippen LogP contribution in [0, 0.1) is 5.82 Å². The summed E-state index contributed by atoms with van der Waals surface area (Å²) in [5.74, 6) is -0.100. The van der Waals surface area contributed by atoms with Gasteiger partial charge in [0.15, 0.2) is 17.9 Å². The summed E-state index contributed by atoms with van der Waals surface area (Å²) in [7, 11) is 1.45. The SMILES string of the molecule is COc1cccc(CC(N)CC2OCCO2)c1F. The van der Waals surface area contributed by atoms with Gasteiger partial charge in [0.2, 0.25) is 0 Å². The molecule has 0 amide bonds. The molecule has 100 valence electrons. The molecule has 1 aromatic carbocycles. The Morgan fingerprint density at radius 1 is 1.44 bits per heavy atom. The van der Waals surface area contributed by atoms with Gasteiger partial charge in [0.25, 0.3) is 0 Å². The zero-order chi connectivity index (χ0) is 13.0. The highest BCUT2D eigenvalue weighted by molar-refractivity contribution is 5.31. The monoisotopic (exact) mass is 255 g/mol. The maximum Gasteiger partial charge on any atom is 0.168 e. The van der Waals surface area contributed by atoms with Gasteiger partial charge in [0, 0.05) is 12.5 Å². The van der Waals surface area contributed by atoms with E-state index >= 15 is 0 Å². The van der Waals surface area contributed by atoms with Gasteiger partial charge in [-0.15, -0.1) is 0 Å². The Balaban J connectivity index is 1.95. The van der Waals surface area contributed by atoms with E-state index in [1.54, 1.807) is 18.2 Å². The standard InChI is InChI=1S/C13H18FNO3/c1-16-11-4-2-3-9(13(11)14)7-10(15)8-12-17-5-6-18-12/h2-4,10,12H,5-8,15H2,1H3. The minimum atomic E-state index is -0.344. The van der Waals surface area contributed by atoms with E-state index in [-0.39, 0.29) is 23.9 Å². The van der Waals surface area contributed by atoms with Crippen LogP contribution in [0.2, 0.25) is 0 Å². The van der Waals surface area contributed by atoms with E-state index < -0.39 is 0 Å². The minimum Gasteiger partial charge on any atom is -0.494 e. The van der Waals surface area contributed by atoms with Crippen LogP contribution in [0.4, 0.5) is 4.39 Å². The second kappa shape index (κ2) is 6.13. The molecule has 1 atom stereocenters.